The van der Waals surface area contributed by atoms with Crippen LogP contribution in [-0.4, -0.2) is 64.4 Å². The Morgan fingerprint density at radius 3 is 2.73 bits per heavy atom. The number of carbonyl (C=O) groups excluding carboxylic acids is 1. The molecule has 3 saturated heterocycles. The lowest BCUT2D eigenvalue weighted by Gasteiger charge is -2.49. The van der Waals surface area contributed by atoms with Gasteiger partial charge < -0.3 is 29.3 Å². The fourth-order valence-corrected chi connectivity index (χ4v) is 7.22. The number of oxime groups is 1. The van der Waals surface area contributed by atoms with Gasteiger partial charge in [0.1, 0.15) is 29.4 Å². The highest BCUT2D eigenvalue weighted by molar-refractivity contribution is 6.06. The van der Waals surface area contributed by atoms with Crippen LogP contribution in [0, 0.1) is 17.8 Å². The number of carbonyl (C=O) groups is 1. The molecule has 40 heavy (non-hydrogen) atoms. The third kappa shape index (κ3) is 5.48. The number of esters is 1. The summed E-state index contributed by atoms with van der Waals surface area (Å²) in [5.41, 5.74) is 0.922. The number of rotatable bonds is 1. The molecule has 0 aromatic carbocycles. The van der Waals surface area contributed by atoms with Gasteiger partial charge in [-0.2, -0.15) is 0 Å². The predicted octanol–water partition coefficient (Wildman–Crippen LogP) is 5.39. The number of fused-ring (bicyclic) bond motifs is 2. The average Bonchev–Trinajstić information content (AvgIpc) is 3.24. The molecule has 2 N–H and O–H groups in total. The molecule has 4 heterocycles. The molecule has 4 aliphatic heterocycles. The Morgan fingerprint density at radius 2 is 1.98 bits per heavy atom. The van der Waals surface area contributed by atoms with E-state index in [9.17, 15) is 15.1 Å². The lowest BCUT2D eigenvalue weighted by atomic mass is 9.71. The van der Waals surface area contributed by atoms with Crippen LogP contribution in [0.2, 0.25) is 0 Å². The van der Waals surface area contributed by atoms with Crippen molar-refractivity contribution in [1.29, 1.82) is 0 Å². The Balaban J connectivity index is 1.53. The smallest absolute Gasteiger partial charge is 0.316 e. The lowest BCUT2D eigenvalue weighted by molar-refractivity contribution is -0.335. The van der Waals surface area contributed by atoms with Crippen molar-refractivity contribution in [3.05, 3.63) is 47.1 Å². The summed E-state index contributed by atoms with van der Waals surface area (Å²) in [6.07, 6.45) is 13.6. The highest BCUT2D eigenvalue weighted by Crippen LogP contribution is 2.46. The monoisotopic (exact) mass is 555 g/mol. The van der Waals surface area contributed by atoms with Crippen LogP contribution in [0.25, 0.3) is 0 Å². The van der Waals surface area contributed by atoms with E-state index in [1.54, 1.807) is 13.0 Å². The van der Waals surface area contributed by atoms with Crippen LogP contribution in [0.15, 0.2) is 52.3 Å². The Kier molecular flexibility index (Phi) is 8.44. The molecule has 9 atom stereocenters. The predicted molar refractivity (Wildman–Crippen MR) is 151 cm³/mol. The van der Waals surface area contributed by atoms with Crippen molar-refractivity contribution in [3.63, 3.8) is 0 Å². The normalized spacial score (nSPS) is 43.5. The first-order valence-corrected chi connectivity index (χ1v) is 14.9. The topological polar surface area (TPSA) is 107 Å². The molecule has 5 rings (SSSR count). The SMILES string of the molecule is CCC1O[C@]2(CC[C@@H]1C)C[C@@H]1C[C@@H](CC=C(C)C[C@@H](C)C=CC=C3CO[C@@H]4/C(=N/O)C(C)=C[C@@H](C(=O)O1)[C@]34O)O2. The molecule has 1 unspecified atom stereocenters. The van der Waals surface area contributed by atoms with Crippen LogP contribution in [0.5, 0.6) is 0 Å². The van der Waals surface area contributed by atoms with Crippen LogP contribution in [0.3, 0.4) is 0 Å². The number of hydrogen-bond donors (Lipinski definition) is 2. The van der Waals surface area contributed by atoms with Crippen molar-refractivity contribution in [1.82, 2.24) is 0 Å². The molecule has 2 bridgehead atoms. The lowest BCUT2D eigenvalue weighted by Crippen LogP contribution is -2.57. The van der Waals surface area contributed by atoms with E-state index in [0.717, 1.165) is 32.1 Å². The summed E-state index contributed by atoms with van der Waals surface area (Å²) in [7, 11) is 0. The zero-order valence-corrected chi connectivity index (χ0v) is 24.5. The molecule has 8 heteroatoms. The highest BCUT2D eigenvalue weighted by atomic mass is 16.7. The van der Waals surface area contributed by atoms with Crippen molar-refractivity contribution < 1.29 is 34.1 Å². The maximum absolute atomic E-state index is 13.9. The van der Waals surface area contributed by atoms with Gasteiger partial charge in [-0.1, -0.05) is 61.9 Å². The molecule has 0 aromatic rings. The molecular formula is C32H45NO7. The van der Waals surface area contributed by atoms with E-state index in [-0.39, 0.29) is 30.4 Å². The van der Waals surface area contributed by atoms with Crippen molar-refractivity contribution in [3.8, 4) is 0 Å². The first-order valence-electron chi connectivity index (χ1n) is 14.9. The maximum Gasteiger partial charge on any atom is 0.316 e. The second-order valence-corrected chi connectivity index (χ2v) is 12.6. The maximum atomic E-state index is 13.9. The van der Waals surface area contributed by atoms with Gasteiger partial charge in [-0.05, 0) is 62.5 Å². The van der Waals surface area contributed by atoms with Crippen molar-refractivity contribution in [2.45, 2.75) is 115 Å². The second kappa shape index (κ2) is 11.6. The zero-order valence-electron chi connectivity index (χ0n) is 24.5. The number of allylic oxidation sites excluding steroid dienone is 4. The number of hydrogen-bond acceptors (Lipinski definition) is 8. The molecule has 220 valence electrons. The molecule has 3 fully saturated rings. The fraction of sp³-hybridized carbons (Fsp3) is 0.688. The van der Waals surface area contributed by atoms with Gasteiger partial charge in [0.15, 0.2) is 5.79 Å². The third-order valence-electron chi connectivity index (χ3n) is 9.45. The van der Waals surface area contributed by atoms with Crippen molar-refractivity contribution in [2.75, 3.05) is 6.61 Å². The second-order valence-electron chi connectivity index (χ2n) is 12.6. The van der Waals surface area contributed by atoms with Crippen LogP contribution in [0.4, 0.5) is 0 Å². The van der Waals surface area contributed by atoms with E-state index < -0.39 is 35.5 Å². The first-order chi connectivity index (χ1) is 19.1. The van der Waals surface area contributed by atoms with Gasteiger partial charge >= 0.3 is 5.97 Å². The molecule has 1 spiro atoms. The van der Waals surface area contributed by atoms with Crippen molar-refractivity contribution in [2.24, 2.45) is 22.9 Å². The number of ether oxygens (including phenoxy) is 4. The number of nitrogens with zero attached hydrogens (tertiary/aromatic N) is 1. The number of aliphatic hydroxyl groups is 1. The fourth-order valence-electron chi connectivity index (χ4n) is 7.22. The molecule has 0 saturated carbocycles. The Morgan fingerprint density at radius 1 is 1.18 bits per heavy atom. The Bertz CT molecular complexity index is 1140. The molecule has 8 nitrogen and oxygen atoms in total. The van der Waals surface area contributed by atoms with E-state index >= 15 is 0 Å². The Labute approximate surface area is 237 Å². The van der Waals surface area contributed by atoms with Gasteiger partial charge in [-0.15, -0.1) is 0 Å². The van der Waals surface area contributed by atoms with Crippen LogP contribution in [0.1, 0.15) is 79.6 Å². The summed E-state index contributed by atoms with van der Waals surface area (Å²) in [6.45, 7) is 10.5. The van der Waals surface area contributed by atoms with Gasteiger partial charge in [0.25, 0.3) is 0 Å². The van der Waals surface area contributed by atoms with Gasteiger partial charge in [0, 0.05) is 19.3 Å². The summed E-state index contributed by atoms with van der Waals surface area (Å²) < 4.78 is 25.5. The summed E-state index contributed by atoms with van der Waals surface area (Å²) in [5, 5.41) is 25.3. The quantitative estimate of drug-likeness (QED) is 0.193. The summed E-state index contributed by atoms with van der Waals surface area (Å²) in [4.78, 5) is 13.9. The van der Waals surface area contributed by atoms with Gasteiger partial charge in [0.2, 0.25) is 0 Å². The molecule has 1 aliphatic carbocycles. The molecule has 0 radical (unpaired) electrons. The largest absolute Gasteiger partial charge is 0.462 e. The minimum absolute atomic E-state index is 0.0940. The van der Waals surface area contributed by atoms with Crippen LogP contribution in [-0.2, 0) is 23.7 Å². The van der Waals surface area contributed by atoms with Crippen LogP contribution < -0.4 is 0 Å². The average molecular weight is 556 g/mol. The van der Waals surface area contributed by atoms with Gasteiger partial charge in [-0.25, -0.2) is 0 Å². The highest BCUT2D eigenvalue weighted by Gasteiger charge is 2.59. The first kappa shape index (κ1) is 29.2. The zero-order chi connectivity index (χ0) is 28.7. The summed E-state index contributed by atoms with van der Waals surface area (Å²) in [5.74, 6) is -1.60. The van der Waals surface area contributed by atoms with E-state index in [1.807, 2.05) is 12.2 Å². The molecule has 5 aliphatic rings. The summed E-state index contributed by atoms with van der Waals surface area (Å²) >= 11 is 0. The van der Waals surface area contributed by atoms with Gasteiger partial charge in [0.05, 0.1) is 18.8 Å². The minimum atomic E-state index is -1.72. The Hall–Kier alpha value is -2.26. The van der Waals surface area contributed by atoms with Gasteiger partial charge in [-0.3, -0.25) is 4.79 Å². The molecule has 0 amide bonds. The van der Waals surface area contributed by atoms with Crippen molar-refractivity contribution >= 4 is 11.7 Å². The summed E-state index contributed by atoms with van der Waals surface area (Å²) in [6, 6.07) is 0. The van der Waals surface area contributed by atoms with E-state index in [4.69, 9.17) is 18.9 Å². The van der Waals surface area contributed by atoms with Crippen LogP contribution >= 0.6 is 0 Å². The van der Waals surface area contributed by atoms with E-state index in [2.05, 4.69) is 45.0 Å². The minimum Gasteiger partial charge on any atom is -0.462 e. The van der Waals surface area contributed by atoms with E-state index in [0.29, 0.717) is 29.9 Å². The van der Waals surface area contributed by atoms with E-state index in [1.165, 1.54) is 5.57 Å². The molecule has 0 aromatic heterocycles. The standard InChI is InChI=1S/C32H45NO7/c1-6-27-21(4)12-13-31(40-27)17-25-16-24(39-31)11-10-20(3)14-19(2)8-7-9-23-18-37-29-28(33-36)22(5)15-26(30(34)38-25)32(23,29)35/h7-10,15,19,21,24-27,29,35-36H,6,11-14,16-18H2,1-5H3/b8-7?,20-10?,23-9?,33-28+/t19-,21-,24+,25-,26-,27?,29+,31+,32+/m0/s1. The third-order valence-corrected chi connectivity index (χ3v) is 9.45. The molecular weight excluding hydrogens is 510 g/mol.